The summed E-state index contributed by atoms with van der Waals surface area (Å²) in [6.45, 7) is 11.6. The summed E-state index contributed by atoms with van der Waals surface area (Å²) in [7, 11) is 0. The summed E-state index contributed by atoms with van der Waals surface area (Å²) in [6, 6.07) is 28.4. The van der Waals surface area contributed by atoms with Gasteiger partial charge in [0.25, 0.3) is 17.7 Å². The van der Waals surface area contributed by atoms with Gasteiger partial charge >= 0.3 is 0 Å². The molecule has 0 aromatic heterocycles. The molecule has 3 aliphatic heterocycles. The van der Waals surface area contributed by atoms with E-state index in [0.717, 1.165) is 52.4 Å². The molecule has 8 nitrogen and oxygen atoms in total. The number of anilines is 2. The molecular formula is C40H35BrN4O4. The molecule has 1 spiro atoms. The van der Waals surface area contributed by atoms with E-state index in [0.29, 0.717) is 50.3 Å². The van der Waals surface area contributed by atoms with Crippen molar-refractivity contribution in [2.75, 3.05) is 36.0 Å². The Bertz CT molecular complexity index is 2140. The fraction of sp³-hybridized carbons (Fsp3) is 0.225. The van der Waals surface area contributed by atoms with Crippen molar-refractivity contribution in [2.24, 2.45) is 0 Å². The normalized spacial score (nSPS) is 15.3. The Morgan fingerprint density at radius 1 is 0.612 bits per heavy atom. The lowest BCUT2D eigenvalue weighted by Crippen LogP contribution is -2.60. The van der Waals surface area contributed by atoms with Gasteiger partial charge in [0.1, 0.15) is 17.0 Å². The highest BCUT2D eigenvalue weighted by Crippen LogP contribution is 2.59. The Balaban J connectivity index is 1.44. The van der Waals surface area contributed by atoms with E-state index in [1.807, 2.05) is 66.7 Å². The molecule has 9 heteroatoms. The first kappa shape index (κ1) is 31.1. The molecule has 0 saturated carbocycles. The highest BCUT2D eigenvalue weighted by Gasteiger charge is 2.61. The molecule has 0 unspecified atom stereocenters. The molecule has 0 bridgehead atoms. The summed E-state index contributed by atoms with van der Waals surface area (Å²) in [5.41, 5.74) is 3.70. The Hall–Kier alpha value is -5.15. The van der Waals surface area contributed by atoms with Crippen LogP contribution in [0.1, 0.15) is 75.5 Å². The van der Waals surface area contributed by atoms with Gasteiger partial charge in [0.2, 0.25) is 0 Å². The van der Waals surface area contributed by atoms with Crippen LogP contribution in [0.5, 0.6) is 11.5 Å². The number of hydrogen-bond donors (Lipinski definition) is 0. The van der Waals surface area contributed by atoms with E-state index in [1.54, 1.807) is 24.3 Å². The first-order valence-corrected chi connectivity index (χ1v) is 17.6. The quantitative estimate of drug-likeness (QED) is 0.158. The fourth-order valence-electron chi connectivity index (χ4n) is 7.98. The molecule has 0 fully saturated rings. The van der Waals surface area contributed by atoms with Crippen LogP contribution < -0.4 is 14.5 Å². The number of carbonyl (C=O) groups is 3. The zero-order valence-corrected chi connectivity index (χ0v) is 29.4. The minimum Gasteiger partial charge on any atom is -0.456 e. The van der Waals surface area contributed by atoms with E-state index in [1.165, 1.54) is 5.01 Å². The molecule has 0 saturated heterocycles. The molecular weight excluding hydrogens is 680 g/mol. The van der Waals surface area contributed by atoms with Crippen LogP contribution in [-0.2, 0) is 5.54 Å². The lowest BCUT2D eigenvalue weighted by Gasteiger charge is -2.48. The zero-order valence-electron chi connectivity index (χ0n) is 27.8. The number of carbonyl (C=O) groups excluding carboxylic acids is 3. The van der Waals surface area contributed by atoms with Gasteiger partial charge in [-0.15, -0.1) is 0 Å². The Kier molecular flexibility index (Phi) is 7.30. The number of hydrazine groups is 1. The number of hydrogen-bond acceptors (Lipinski definition) is 6. The second kappa shape index (κ2) is 11.5. The van der Waals surface area contributed by atoms with Gasteiger partial charge in [-0.25, -0.2) is 5.01 Å². The minimum absolute atomic E-state index is 0.355. The largest absolute Gasteiger partial charge is 0.456 e. The van der Waals surface area contributed by atoms with E-state index < -0.39 is 23.3 Å². The topological polar surface area (TPSA) is 73.4 Å². The molecule has 246 valence electrons. The average molecular weight is 716 g/mol. The Morgan fingerprint density at radius 3 is 1.76 bits per heavy atom. The third kappa shape index (κ3) is 4.18. The molecule has 5 aromatic carbocycles. The highest BCUT2D eigenvalue weighted by molar-refractivity contribution is 9.10. The standard InChI is InChI=1S/C40H35BrN4O4/c1-5-42(6-2)24-16-19-31-34(22-24)49-35-23-25(43(7-3)8-4)17-20-32(35)40(31)30-15-10-9-12-26(30)39(48)45(40)44-37(46)28-14-11-13-27-33(41)21-18-29(36(27)28)38(44)47/h9-23H,5-8H2,1-4H3. The molecule has 0 N–H and O–H groups in total. The molecule has 0 radical (unpaired) electrons. The van der Waals surface area contributed by atoms with Crippen LogP contribution >= 0.6 is 15.9 Å². The van der Waals surface area contributed by atoms with Crippen LogP contribution in [0.2, 0.25) is 0 Å². The number of amides is 3. The monoisotopic (exact) mass is 714 g/mol. The van der Waals surface area contributed by atoms with E-state index >= 15 is 0 Å². The fourth-order valence-corrected chi connectivity index (χ4v) is 8.44. The number of halogens is 1. The molecule has 3 amide bonds. The van der Waals surface area contributed by atoms with Crippen LogP contribution in [-0.4, -0.2) is 53.9 Å². The van der Waals surface area contributed by atoms with Crippen molar-refractivity contribution in [2.45, 2.75) is 33.2 Å². The summed E-state index contributed by atoms with van der Waals surface area (Å²) >= 11 is 3.59. The SMILES string of the molecule is CCN(CC)c1ccc2c(c1)Oc1cc(N(CC)CC)ccc1C21c2ccccc2C(=O)N1N1C(=O)c2cccc3c(Br)ccc(c23)C1=O. The second-order valence-corrected chi connectivity index (χ2v) is 13.3. The van der Waals surface area contributed by atoms with Crippen molar-refractivity contribution in [3.63, 3.8) is 0 Å². The van der Waals surface area contributed by atoms with E-state index in [9.17, 15) is 14.4 Å². The number of fused-ring (bicyclic) bond motifs is 6. The van der Waals surface area contributed by atoms with Crippen LogP contribution in [0.25, 0.3) is 10.8 Å². The summed E-state index contributed by atoms with van der Waals surface area (Å²) in [6.07, 6.45) is 0. The molecule has 0 aliphatic carbocycles. The van der Waals surface area contributed by atoms with Gasteiger partial charge < -0.3 is 14.5 Å². The predicted octanol–water partition coefficient (Wildman–Crippen LogP) is 8.36. The molecule has 3 heterocycles. The van der Waals surface area contributed by atoms with Gasteiger partial charge in [-0.3, -0.25) is 14.4 Å². The molecule has 0 atom stereocenters. The molecule has 8 rings (SSSR count). The molecule has 5 aromatic rings. The van der Waals surface area contributed by atoms with Crippen LogP contribution in [0.4, 0.5) is 11.4 Å². The Morgan fingerprint density at radius 2 is 1.16 bits per heavy atom. The summed E-state index contributed by atoms with van der Waals surface area (Å²) < 4.78 is 7.58. The Labute approximate surface area is 293 Å². The minimum atomic E-state index is -1.40. The third-order valence-electron chi connectivity index (χ3n) is 10.3. The van der Waals surface area contributed by atoms with Crippen LogP contribution in [0.15, 0.2) is 95.5 Å². The van der Waals surface area contributed by atoms with Crippen molar-refractivity contribution >= 4 is 55.8 Å². The van der Waals surface area contributed by atoms with Crippen molar-refractivity contribution in [1.29, 1.82) is 0 Å². The highest BCUT2D eigenvalue weighted by atomic mass is 79.9. The third-order valence-corrected chi connectivity index (χ3v) is 11.0. The maximum atomic E-state index is 14.9. The summed E-state index contributed by atoms with van der Waals surface area (Å²) in [5.74, 6) is -0.436. The average Bonchev–Trinajstić information content (AvgIpc) is 3.37. The number of imide groups is 1. The van der Waals surface area contributed by atoms with Crippen LogP contribution in [0, 0.1) is 0 Å². The van der Waals surface area contributed by atoms with Crippen LogP contribution in [0.3, 0.4) is 0 Å². The van der Waals surface area contributed by atoms with Gasteiger partial charge in [-0.2, -0.15) is 5.01 Å². The van der Waals surface area contributed by atoms with E-state index in [2.05, 4.69) is 53.4 Å². The van der Waals surface area contributed by atoms with Gasteiger partial charge in [-0.1, -0.05) is 58.4 Å². The van der Waals surface area contributed by atoms with Gasteiger partial charge in [0, 0.05) is 81.8 Å². The number of ether oxygens (including phenoxy) is 1. The van der Waals surface area contributed by atoms with Crippen molar-refractivity contribution in [3.8, 4) is 11.5 Å². The molecule has 49 heavy (non-hydrogen) atoms. The van der Waals surface area contributed by atoms with Gasteiger partial charge in [0.05, 0.1) is 11.1 Å². The lowest BCUT2D eigenvalue weighted by molar-refractivity contribution is -0.0229. The zero-order chi connectivity index (χ0) is 34.2. The van der Waals surface area contributed by atoms with Crippen molar-refractivity contribution in [3.05, 3.63) is 129 Å². The van der Waals surface area contributed by atoms with E-state index in [-0.39, 0.29) is 0 Å². The maximum Gasteiger partial charge on any atom is 0.280 e. The second-order valence-electron chi connectivity index (χ2n) is 12.4. The number of nitrogens with zero attached hydrogens (tertiary/aromatic N) is 4. The van der Waals surface area contributed by atoms with E-state index in [4.69, 9.17) is 4.74 Å². The van der Waals surface area contributed by atoms with Gasteiger partial charge in [-0.05, 0) is 69.5 Å². The lowest BCUT2D eigenvalue weighted by atomic mass is 9.75. The van der Waals surface area contributed by atoms with Crippen molar-refractivity contribution < 1.29 is 19.1 Å². The van der Waals surface area contributed by atoms with Gasteiger partial charge in [0.15, 0.2) is 0 Å². The first-order valence-electron chi connectivity index (χ1n) is 16.8. The predicted molar refractivity (Wildman–Crippen MR) is 195 cm³/mol. The summed E-state index contributed by atoms with van der Waals surface area (Å²) in [5, 5.41) is 3.81. The molecule has 3 aliphatic rings. The first-order chi connectivity index (χ1) is 23.8. The maximum absolute atomic E-state index is 14.9. The number of benzene rings is 5. The van der Waals surface area contributed by atoms with Crippen molar-refractivity contribution in [1.82, 2.24) is 10.0 Å². The smallest absolute Gasteiger partial charge is 0.280 e. The number of rotatable bonds is 7. The summed E-state index contributed by atoms with van der Waals surface area (Å²) in [4.78, 5) is 48.9.